The fourth-order valence-corrected chi connectivity index (χ4v) is 10.8. The molecule has 2 aliphatic carbocycles. The number of amides is 4. The second kappa shape index (κ2) is 16.5. The van der Waals surface area contributed by atoms with Crippen LogP contribution in [0, 0.1) is 23.2 Å². The predicted molar refractivity (Wildman–Crippen MR) is 256 cm³/mol. The number of alkyl carbamates (subject to hydrolysis) is 1. The summed E-state index contributed by atoms with van der Waals surface area (Å²) in [5, 5.41) is 10.1. The molecule has 0 radical (unpaired) electrons. The number of carbonyl (C=O) groups is 4. The largest absolute Gasteiger partial charge is 0.453 e. The van der Waals surface area contributed by atoms with Crippen LogP contribution < -0.4 is 10.6 Å². The van der Waals surface area contributed by atoms with Crippen LogP contribution in [0.2, 0.25) is 0 Å². The Bertz CT molecular complexity index is 3100. The van der Waals surface area contributed by atoms with Crippen LogP contribution in [0.3, 0.4) is 0 Å². The van der Waals surface area contributed by atoms with Crippen LogP contribution in [-0.2, 0) is 23.9 Å². The monoisotopic (exact) mass is 900 g/mol. The molecular formula is C53H56N8O6. The highest BCUT2D eigenvalue weighted by Gasteiger charge is 2.57. The molecule has 7 aromatic rings. The first-order chi connectivity index (χ1) is 32.4. The van der Waals surface area contributed by atoms with E-state index in [9.17, 15) is 19.2 Å². The Morgan fingerprint density at radius 3 is 1.96 bits per heavy atom. The van der Waals surface area contributed by atoms with Crippen molar-refractivity contribution in [1.29, 1.82) is 0 Å². The van der Waals surface area contributed by atoms with Crippen molar-refractivity contribution in [3.05, 3.63) is 108 Å². The minimum atomic E-state index is -0.795. The lowest BCUT2D eigenvalue weighted by Crippen LogP contribution is -2.55. The minimum Gasteiger partial charge on any atom is -0.453 e. The molecule has 4 amide bonds. The summed E-state index contributed by atoms with van der Waals surface area (Å²) in [4.78, 5) is 75.5. The minimum absolute atomic E-state index is 0.0327. The lowest BCUT2D eigenvalue weighted by Gasteiger charge is -2.36. The van der Waals surface area contributed by atoms with Gasteiger partial charge in [0, 0.05) is 42.3 Å². The third-order valence-electron chi connectivity index (χ3n) is 14.6. The van der Waals surface area contributed by atoms with Crippen LogP contribution in [0.25, 0.3) is 54.7 Å². The van der Waals surface area contributed by atoms with E-state index in [1.165, 1.54) is 7.11 Å². The average molecular weight is 901 g/mol. The Morgan fingerprint density at radius 1 is 0.746 bits per heavy atom. The van der Waals surface area contributed by atoms with Crippen LogP contribution in [-0.4, -0.2) is 93.0 Å². The Labute approximate surface area is 388 Å². The summed E-state index contributed by atoms with van der Waals surface area (Å²) >= 11 is 0. The van der Waals surface area contributed by atoms with Gasteiger partial charge >= 0.3 is 6.09 Å². The van der Waals surface area contributed by atoms with Gasteiger partial charge in [0.2, 0.25) is 17.7 Å². The second-order valence-corrected chi connectivity index (χ2v) is 20.2. The molecule has 4 N–H and O–H groups in total. The smallest absolute Gasteiger partial charge is 0.407 e. The summed E-state index contributed by atoms with van der Waals surface area (Å²) in [5.41, 5.74) is 5.88. The molecule has 0 spiro atoms. The second-order valence-electron chi connectivity index (χ2n) is 20.2. The van der Waals surface area contributed by atoms with Gasteiger partial charge in [-0.2, -0.15) is 0 Å². The van der Waals surface area contributed by atoms with Gasteiger partial charge in [0.25, 0.3) is 0 Å². The highest BCUT2D eigenvalue weighted by molar-refractivity contribution is 6.07. The molecule has 2 saturated heterocycles. The number of rotatable bonds is 11. The van der Waals surface area contributed by atoms with Crippen LogP contribution in [0.5, 0.6) is 0 Å². The topological polar surface area (TPSA) is 175 Å². The first-order valence-electron chi connectivity index (χ1n) is 23.5. The van der Waals surface area contributed by atoms with E-state index in [0.717, 1.165) is 97.6 Å². The maximum atomic E-state index is 14.6. The number of H-pyrrole nitrogens is 2. The number of piperidine rings is 1. The van der Waals surface area contributed by atoms with E-state index in [1.807, 2.05) is 73.0 Å². The standard InChI is InChI=1S/C53H56N8O6/c1-53(2,3)46(59-52(65)67-5)51(64)61-40-24-35(40)25-42(61)48-55-39-20-16-34-23-32(14-18-37(34)45(39)57-48)31-13-17-36-33(22-31)15-19-38-44(36)56-47(54-38)41-21-28(27-66-4)26-60(41)50(63)43(29-9-7-6-8-10-29)58-49(62)30-11-12-30/h6-10,13-20,22-23,28,30,35,40-43,46H,11-12,21,24-27H2,1-5H3,(H,54,56)(H,55,57)(H,58,62)(H,59,65)/t28-,35+,40+,41-,42-,43+,46+/m0/s1. The molecule has 2 aromatic heterocycles. The summed E-state index contributed by atoms with van der Waals surface area (Å²) in [5.74, 6) is 1.64. The van der Waals surface area contributed by atoms with Crippen LogP contribution in [0.4, 0.5) is 4.79 Å². The van der Waals surface area contributed by atoms with Gasteiger partial charge in [-0.15, -0.1) is 0 Å². The fraction of sp³-hybridized carbons (Fsp3) is 0.396. The van der Waals surface area contributed by atoms with Crippen molar-refractivity contribution in [3.8, 4) is 11.1 Å². The van der Waals surface area contributed by atoms with Gasteiger partial charge in [0.15, 0.2) is 0 Å². The van der Waals surface area contributed by atoms with Crippen molar-refractivity contribution in [3.63, 3.8) is 0 Å². The predicted octanol–water partition coefficient (Wildman–Crippen LogP) is 8.65. The van der Waals surface area contributed by atoms with Crippen molar-refractivity contribution < 1.29 is 28.7 Å². The van der Waals surface area contributed by atoms with Crippen molar-refractivity contribution in [2.45, 2.75) is 83.1 Å². The van der Waals surface area contributed by atoms with Crippen molar-refractivity contribution >= 4 is 67.4 Å². The Morgan fingerprint density at radius 2 is 1.37 bits per heavy atom. The van der Waals surface area contributed by atoms with Crippen molar-refractivity contribution in [1.82, 2.24) is 40.4 Å². The van der Waals surface area contributed by atoms with Crippen LogP contribution >= 0.6 is 0 Å². The lowest BCUT2D eigenvalue weighted by atomic mass is 9.85. The van der Waals surface area contributed by atoms with Crippen molar-refractivity contribution in [2.75, 3.05) is 27.4 Å². The summed E-state index contributed by atoms with van der Waals surface area (Å²) in [6.07, 6.45) is 3.55. The Hall–Kier alpha value is -6.80. The summed E-state index contributed by atoms with van der Waals surface area (Å²) < 4.78 is 10.5. The van der Waals surface area contributed by atoms with Gasteiger partial charge in [-0.05, 0) is 95.2 Å². The lowest BCUT2D eigenvalue weighted by molar-refractivity contribution is -0.138. The molecule has 11 rings (SSSR count). The van der Waals surface area contributed by atoms with Gasteiger partial charge in [-0.25, -0.2) is 14.8 Å². The molecule has 14 heteroatoms. The number of carbonyl (C=O) groups excluding carboxylic acids is 4. The number of likely N-dealkylation sites (tertiary alicyclic amines) is 2. The van der Waals surface area contributed by atoms with E-state index in [2.05, 4.69) is 69.1 Å². The van der Waals surface area contributed by atoms with E-state index in [0.29, 0.717) is 25.5 Å². The number of hydrogen-bond acceptors (Lipinski definition) is 8. The van der Waals surface area contributed by atoms with Gasteiger partial charge in [-0.1, -0.05) is 87.5 Å². The molecule has 4 fully saturated rings. The molecule has 2 saturated carbocycles. The number of aromatic nitrogens is 4. The molecule has 4 aliphatic rings. The number of ether oxygens (including phenoxy) is 2. The third-order valence-corrected chi connectivity index (χ3v) is 14.6. The van der Waals surface area contributed by atoms with Gasteiger partial charge in [0.1, 0.15) is 23.7 Å². The first kappa shape index (κ1) is 42.8. The van der Waals surface area contributed by atoms with Crippen molar-refractivity contribution in [2.24, 2.45) is 23.2 Å². The number of imidazole rings is 2. The van der Waals surface area contributed by atoms with E-state index in [-0.39, 0.29) is 47.7 Å². The SMILES string of the molecule is COC[C@H]1C[C@@H](c2nc3ccc4cc(-c5ccc6c(ccc7nc([C@@H]8C[C@H]9C[C@H]9N8C(=O)[C@@H](NC(=O)OC)C(C)(C)C)[nH]c76)c5)ccc4c3[nH]2)N(C(=O)[C@H](NC(=O)C2CC2)c2ccccc2)C1. The maximum Gasteiger partial charge on any atom is 0.407 e. The summed E-state index contributed by atoms with van der Waals surface area (Å²) in [6.45, 7) is 6.86. The molecule has 344 valence electrons. The molecule has 4 heterocycles. The molecular weight excluding hydrogens is 845 g/mol. The molecule has 0 bridgehead atoms. The number of benzene rings is 5. The van der Waals surface area contributed by atoms with Gasteiger partial charge < -0.3 is 39.9 Å². The Balaban J connectivity index is 0.868. The number of nitrogens with one attached hydrogen (secondary N) is 4. The zero-order valence-corrected chi connectivity index (χ0v) is 38.5. The van der Waals surface area contributed by atoms with E-state index < -0.39 is 23.6 Å². The summed E-state index contributed by atoms with van der Waals surface area (Å²) in [7, 11) is 3.00. The number of fused-ring (bicyclic) bond motifs is 7. The van der Waals surface area contributed by atoms with E-state index in [4.69, 9.17) is 19.4 Å². The van der Waals surface area contributed by atoms with Gasteiger partial charge in [-0.3, -0.25) is 14.4 Å². The third kappa shape index (κ3) is 7.84. The van der Waals surface area contributed by atoms with Gasteiger partial charge in [0.05, 0.1) is 47.9 Å². The van der Waals surface area contributed by atoms with Crippen LogP contribution in [0.15, 0.2) is 91.0 Å². The Kier molecular flexibility index (Phi) is 10.6. The normalized spacial score (nSPS) is 22.3. The molecule has 2 aliphatic heterocycles. The molecule has 14 nitrogen and oxygen atoms in total. The zero-order valence-electron chi connectivity index (χ0n) is 38.5. The number of methoxy groups -OCH3 is 2. The highest BCUT2D eigenvalue weighted by Crippen LogP contribution is 2.54. The number of hydrogen-bond donors (Lipinski definition) is 4. The zero-order chi connectivity index (χ0) is 46.3. The van der Waals surface area contributed by atoms with E-state index in [1.54, 1.807) is 7.11 Å². The number of aromatic amines is 2. The molecule has 0 unspecified atom stereocenters. The quantitative estimate of drug-likeness (QED) is 0.0998. The number of nitrogens with zero attached hydrogens (tertiary/aromatic N) is 4. The van der Waals surface area contributed by atoms with Crippen LogP contribution in [0.1, 0.15) is 88.2 Å². The summed E-state index contributed by atoms with van der Waals surface area (Å²) in [6, 6.07) is 28.8. The average Bonchev–Trinajstić information content (AvgIpc) is 4.10. The first-order valence-corrected chi connectivity index (χ1v) is 23.5. The maximum absolute atomic E-state index is 14.6. The molecule has 7 atom stereocenters. The highest BCUT2D eigenvalue weighted by atomic mass is 16.5. The van der Waals surface area contributed by atoms with E-state index >= 15 is 0 Å². The molecule has 67 heavy (non-hydrogen) atoms. The fourth-order valence-electron chi connectivity index (χ4n) is 10.8. The molecule has 5 aromatic carbocycles.